The zero-order valence-electron chi connectivity index (χ0n) is 9.27. The van der Waals surface area contributed by atoms with Crippen LogP contribution in [0, 0.1) is 18.3 Å². The van der Waals surface area contributed by atoms with Crippen molar-refractivity contribution in [3.8, 4) is 16.6 Å². The van der Waals surface area contributed by atoms with Crippen molar-refractivity contribution < 1.29 is 4.74 Å². The minimum absolute atomic E-state index is 0.472. The Morgan fingerprint density at radius 3 is 2.82 bits per heavy atom. The number of nitriles is 1. The Balaban J connectivity index is 1.99. The molecule has 17 heavy (non-hydrogen) atoms. The second-order valence-corrected chi connectivity index (χ2v) is 5.93. The summed E-state index contributed by atoms with van der Waals surface area (Å²) in [5.41, 5.74) is 1.73. The summed E-state index contributed by atoms with van der Waals surface area (Å²) < 4.78 is 5.15. The minimum atomic E-state index is -0.492. The molecule has 0 saturated carbocycles. The summed E-state index contributed by atoms with van der Waals surface area (Å²) >= 11 is 3.25. The first-order valence-corrected chi connectivity index (χ1v) is 7.00. The van der Waals surface area contributed by atoms with E-state index in [9.17, 15) is 5.26 Å². The lowest BCUT2D eigenvalue weighted by molar-refractivity contribution is -0.0298. The highest BCUT2D eigenvalue weighted by Crippen LogP contribution is 2.37. The van der Waals surface area contributed by atoms with Crippen molar-refractivity contribution >= 4 is 22.7 Å². The molecule has 0 N–H and O–H groups in total. The quantitative estimate of drug-likeness (QED) is 0.836. The van der Waals surface area contributed by atoms with Crippen LogP contribution in [0.15, 0.2) is 16.8 Å². The van der Waals surface area contributed by atoms with Gasteiger partial charge in [-0.15, -0.1) is 22.7 Å². The lowest BCUT2D eigenvalue weighted by Gasteiger charge is -2.32. The van der Waals surface area contributed by atoms with Gasteiger partial charge in [0.15, 0.2) is 5.41 Å². The van der Waals surface area contributed by atoms with Crippen LogP contribution in [0.1, 0.15) is 10.6 Å². The zero-order valence-corrected chi connectivity index (χ0v) is 10.9. The number of ether oxygens (including phenoxy) is 1. The molecule has 0 radical (unpaired) electrons. The Morgan fingerprint density at radius 1 is 1.47 bits per heavy atom. The van der Waals surface area contributed by atoms with Crippen LogP contribution in [0.5, 0.6) is 0 Å². The molecule has 1 aliphatic heterocycles. The summed E-state index contributed by atoms with van der Waals surface area (Å²) in [6, 6.07) is 4.42. The second-order valence-electron chi connectivity index (χ2n) is 4.16. The van der Waals surface area contributed by atoms with Crippen molar-refractivity contribution in [1.29, 1.82) is 5.26 Å². The predicted molar refractivity (Wildman–Crippen MR) is 68.3 cm³/mol. The van der Waals surface area contributed by atoms with Gasteiger partial charge in [-0.25, -0.2) is 4.98 Å². The van der Waals surface area contributed by atoms with Gasteiger partial charge in [-0.05, 0) is 23.9 Å². The van der Waals surface area contributed by atoms with E-state index in [-0.39, 0.29) is 0 Å². The van der Waals surface area contributed by atoms with Gasteiger partial charge in [0.25, 0.3) is 0 Å². The smallest absolute Gasteiger partial charge is 0.155 e. The van der Waals surface area contributed by atoms with Crippen molar-refractivity contribution in [1.82, 2.24) is 4.98 Å². The van der Waals surface area contributed by atoms with E-state index in [2.05, 4.69) is 29.4 Å². The van der Waals surface area contributed by atoms with E-state index in [1.54, 1.807) is 22.7 Å². The third-order valence-electron chi connectivity index (χ3n) is 2.92. The van der Waals surface area contributed by atoms with Crippen LogP contribution in [0.3, 0.4) is 0 Å². The van der Waals surface area contributed by atoms with Crippen molar-refractivity contribution in [3.05, 3.63) is 27.4 Å². The number of hydrogen-bond acceptors (Lipinski definition) is 5. The average Bonchev–Trinajstić information content (AvgIpc) is 2.86. The van der Waals surface area contributed by atoms with Crippen molar-refractivity contribution in [3.63, 3.8) is 0 Å². The van der Waals surface area contributed by atoms with Crippen molar-refractivity contribution in [2.24, 2.45) is 0 Å². The standard InChI is InChI=1S/C12H10N2OS2/c1-8-2-3-16-10(8)9-4-17-11(14-9)12(5-13)6-15-7-12/h2-4H,6-7H2,1H3. The van der Waals surface area contributed by atoms with Gasteiger partial charge < -0.3 is 4.74 Å². The van der Waals surface area contributed by atoms with Crippen LogP contribution >= 0.6 is 22.7 Å². The maximum absolute atomic E-state index is 9.22. The fourth-order valence-corrected chi connectivity index (χ4v) is 3.67. The van der Waals surface area contributed by atoms with Crippen LogP contribution in [-0.4, -0.2) is 18.2 Å². The molecule has 1 aliphatic rings. The average molecular weight is 262 g/mol. The number of nitrogens with zero attached hydrogens (tertiary/aromatic N) is 2. The molecule has 0 aliphatic carbocycles. The Kier molecular flexibility index (Phi) is 2.51. The molecule has 0 spiro atoms. The SMILES string of the molecule is Cc1ccsc1-c1csc(C2(C#N)COC2)n1. The first-order valence-electron chi connectivity index (χ1n) is 5.25. The van der Waals surface area contributed by atoms with Gasteiger partial charge in [-0.1, -0.05) is 0 Å². The molecule has 0 aromatic carbocycles. The largest absolute Gasteiger partial charge is 0.377 e. The number of thiazole rings is 1. The summed E-state index contributed by atoms with van der Waals surface area (Å²) in [7, 11) is 0. The summed E-state index contributed by atoms with van der Waals surface area (Å²) in [5, 5.41) is 14.2. The van der Waals surface area contributed by atoms with Crippen LogP contribution in [-0.2, 0) is 10.2 Å². The number of aryl methyl sites for hydroxylation is 1. The maximum atomic E-state index is 9.22. The van der Waals surface area contributed by atoms with Gasteiger partial charge in [0.1, 0.15) is 5.01 Å². The first kappa shape index (κ1) is 10.9. The monoisotopic (exact) mass is 262 g/mol. The maximum Gasteiger partial charge on any atom is 0.155 e. The normalized spacial score (nSPS) is 17.4. The molecule has 5 heteroatoms. The van der Waals surface area contributed by atoms with E-state index in [4.69, 9.17) is 4.74 Å². The molecule has 3 nitrogen and oxygen atoms in total. The van der Waals surface area contributed by atoms with Crippen LogP contribution in [0.25, 0.3) is 10.6 Å². The van der Waals surface area contributed by atoms with Crippen LogP contribution < -0.4 is 0 Å². The Morgan fingerprint density at radius 2 is 2.29 bits per heavy atom. The van der Waals surface area contributed by atoms with Crippen molar-refractivity contribution in [2.75, 3.05) is 13.2 Å². The van der Waals surface area contributed by atoms with Gasteiger partial charge in [-0.3, -0.25) is 0 Å². The summed E-state index contributed by atoms with van der Waals surface area (Å²) in [6.45, 7) is 3.02. The zero-order chi connectivity index (χ0) is 11.9. The highest BCUT2D eigenvalue weighted by atomic mass is 32.1. The predicted octanol–water partition coefficient (Wildman–Crippen LogP) is 2.97. The van der Waals surface area contributed by atoms with E-state index in [0.29, 0.717) is 13.2 Å². The molecule has 0 atom stereocenters. The first-order chi connectivity index (χ1) is 8.25. The highest BCUT2D eigenvalue weighted by molar-refractivity contribution is 7.14. The number of aromatic nitrogens is 1. The van der Waals surface area contributed by atoms with Crippen LogP contribution in [0.2, 0.25) is 0 Å². The molecular weight excluding hydrogens is 252 g/mol. The van der Waals surface area contributed by atoms with Crippen molar-refractivity contribution in [2.45, 2.75) is 12.3 Å². The molecule has 0 bridgehead atoms. The van der Waals surface area contributed by atoms with Gasteiger partial charge >= 0.3 is 0 Å². The summed E-state index contributed by atoms with van der Waals surface area (Å²) in [5.74, 6) is 0. The van der Waals surface area contributed by atoms with E-state index in [1.165, 1.54) is 10.4 Å². The molecule has 0 amide bonds. The third-order valence-corrected chi connectivity index (χ3v) is 5.00. The van der Waals surface area contributed by atoms with Gasteiger partial charge in [0, 0.05) is 5.38 Å². The van der Waals surface area contributed by atoms with Gasteiger partial charge in [0.05, 0.1) is 29.9 Å². The molecule has 86 valence electrons. The van der Waals surface area contributed by atoms with E-state index < -0.39 is 5.41 Å². The second kappa shape index (κ2) is 3.91. The summed E-state index contributed by atoms with van der Waals surface area (Å²) in [4.78, 5) is 5.80. The third kappa shape index (κ3) is 1.61. The molecule has 3 heterocycles. The molecule has 2 aromatic heterocycles. The molecule has 2 aromatic rings. The van der Waals surface area contributed by atoms with Gasteiger partial charge in [-0.2, -0.15) is 5.26 Å². The van der Waals surface area contributed by atoms with E-state index in [0.717, 1.165) is 10.7 Å². The molecule has 3 rings (SSSR count). The molecule has 1 saturated heterocycles. The number of rotatable bonds is 2. The molecule has 1 fully saturated rings. The lowest BCUT2D eigenvalue weighted by atomic mass is 9.89. The number of hydrogen-bond donors (Lipinski definition) is 0. The lowest BCUT2D eigenvalue weighted by Crippen LogP contribution is -2.45. The summed E-state index contributed by atoms with van der Waals surface area (Å²) in [6.07, 6.45) is 0. The fourth-order valence-electron chi connectivity index (χ4n) is 1.78. The van der Waals surface area contributed by atoms with Gasteiger partial charge in [0.2, 0.25) is 0 Å². The molecule has 0 unspecified atom stereocenters. The Hall–Kier alpha value is -1.22. The topological polar surface area (TPSA) is 45.9 Å². The fraction of sp³-hybridized carbons (Fsp3) is 0.333. The Labute approximate surface area is 107 Å². The minimum Gasteiger partial charge on any atom is -0.377 e. The van der Waals surface area contributed by atoms with E-state index >= 15 is 0 Å². The van der Waals surface area contributed by atoms with Crippen LogP contribution in [0.4, 0.5) is 0 Å². The molecular formula is C12H10N2OS2. The highest BCUT2D eigenvalue weighted by Gasteiger charge is 2.43. The van der Waals surface area contributed by atoms with E-state index in [1.807, 2.05) is 5.38 Å². The number of thiophene rings is 1. The Bertz CT molecular complexity index is 590.